The fourth-order valence-corrected chi connectivity index (χ4v) is 2.84. The number of benzene rings is 2. The van der Waals surface area contributed by atoms with Crippen LogP contribution < -0.4 is 5.73 Å². The Labute approximate surface area is 148 Å². The van der Waals surface area contributed by atoms with Crippen molar-refractivity contribution >= 4 is 12.4 Å². The summed E-state index contributed by atoms with van der Waals surface area (Å²) in [4.78, 5) is 0. The highest BCUT2D eigenvalue weighted by atomic mass is 35.5. The maximum absolute atomic E-state index is 13.9. The summed E-state index contributed by atoms with van der Waals surface area (Å²) in [6, 6.07) is 13.0. The summed E-state index contributed by atoms with van der Waals surface area (Å²) < 4.78 is 13.9. The first-order chi connectivity index (χ1) is 10.8. The van der Waals surface area contributed by atoms with Crippen LogP contribution in [0.2, 0.25) is 0 Å². The van der Waals surface area contributed by atoms with Crippen LogP contribution in [0, 0.1) is 5.82 Å². The van der Waals surface area contributed by atoms with Crippen molar-refractivity contribution in [3.8, 4) is 5.75 Å². The molecule has 0 heterocycles. The van der Waals surface area contributed by atoms with Gasteiger partial charge < -0.3 is 10.2 Å². The molecule has 0 fully saturated rings. The van der Waals surface area contributed by atoms with Crippen molar-refractivity contribution in [2.24, 2.45) is 0 Å². The summed E-state index contributed by atoms with van der Waals surface area (Å²) >= 11 is 0. The topological polar surface area (TPSA) is 64.3 Å². The number of phenols is 1. The van der Waals surface area contributed by atoms with Crippen LogP contribution in [0.25, 0.3) is 0 Å². The third-order valence-corrected chi connectivity index (χ3v) is 3.89. The predicted octanol–water partition coefficient (Wildman–Crippen LogP) is 4.61. The van der Waals surface area contributed by atoms with Crippen LogP contribution in [0.3, 0.4) is 0 Å². The SMILES string of the molecule is CC(C)([NH])CC(CC(O)c1ccccc1F)c1ccc(O)cc1.Cl. The van der Waals surface area contributed by atoms with Crippen molar-refractivity contribution in [3.63, 3.8) is 0 Å². The lowest BCUT2D eigenvalue weighted by Crippen LogP contribution is -2.25. The molecule has 2 aromatic rings. The number of nitrogens with one attached hydrogen (secondary N) is 1. The Bertz CT molecular complexity index is 641. The van der Waals surface area contributed by atoms with E-state index in [0.29, 0.717) is 12.8 Å². The molecule has 3 N–H and O–H groups in total. The van der Waals surface area contributed by atoms with Crippen molar-refractivity contribution < 1.29 is 14.6 Å². The van der Waals surface area contributed by atoms with Crippen LogP contribution in [-0.2, 0) is 0 Å². The first-order valence-corrected chi connectivity index (χ1v) is 7.73. The Kier molecular flexibility index (Phi) is 7.21. The number of hydrogen-bond donors (Lipinski definition) is 2. The molecule has 2 unspecified atom stereocenters. The second kappa shape index (κ2) is 8.47. The van der Waals surface area contributed by atoms with Gasteiger partial charge in [-0.3, -0.25) is 5.73 Å². The fourth-order valence-electron chi connectivity index (χ4n) is 2.84. The Balaban J connectivity index is 0.00000288. The monoisotopic (exact) mass is 352 g/mol. The lowest BCUT2D eigenvalue weighted by Gasteiger charge is -2.27. The number of hydrogen-bond acceptors (Lipinski definition) is 2. The first-order valence-electron chi connectivity index (χ1n) is 7.73. The molecule has 2 rings (SSSR count). The van der Waals surface area contributed by atoms with Gasteiger partial charge in [0, 0.05) is 11.1 Å². The lowest BCUT2D eigenvalue weighted by atomic mass is 9.82. The number of phenolic OH excluding ortho intramolecular Hbond substituents is 1. The molecular weight excluding hydrogens is 329 g/mol. The third-order valence-electron chi connectivity index (χ3n) is 3.89. The Morgan fingerprint density at radius 1 is 1.08 bits per heavy atom. The highest BCUT2D eigenvalue weighted by Gasteiger charge is 2.25. The van der Waals surface area contributed by atoms with E-state index >= 15 is 0 Å². The standard InChI is InChI=1S/C19H23FNO2.ClH/c1-19(2,21)12-14(13-7-9-15(22)10-8-13)11-18(23)16-5-3-4-6-17(16)20;/h3-10,14,18,21-23H,11-12H2,1-2H3;1H. The minimum atomic E-state index is -0.933. The Morgan fingerprint density at radius 3 is 2.21 bits per heavy atom. The summed E-state index contributed by atoms with van der Waals surface area (Å²) in [7, 11) is 0. The molecule has 0 aliphatic carbocycles. The van der Waals surface area contributed by atoms with E-state index in [1.165, 1.54) is 6.07 Å². The minimum Gasteiger partial charge on any atom is -0.508 e. The van der Waals surface area contributed by atoms with E-state index in [-0.39, 0.29) is 29.6 Å². The number of aromatic hydroxyl groups is 1. The van der Waals surface area contributed by atoms with Crippen molar-refractivity contribution in [2.45, 2.75) is 44.2 Å². The summed E-state index contributed by atoms with van der Waals surface area (Å²) in [6.07, 6.45) is -0.0746. The van der Waals surface area contributed by atoms with Gasteiger partial charge in [-0.2, -0.15) is 0 Å². The van der Waals surface area contributed by atoms with Gasteiger partial charge in [0.2, 0.25) is 0 Å². The summed E-state index contributed by atoms with van der Waals surface area (Å²) in [5.41, 5.74) is 8.68. The molecular formula is C19H24ClFNO2. The predicted molar refractivity (Wildman–Crippen MR) is 95.9 cm³/mol. The molecule has 2 aromatic carbocycles. The molecule has 0 spiro atoms. The van der Waals surface area contributed by atoms with E-state index in [1.807, 2.05) is 13.8 Å². The zero-order chi connectivity index (χ0) is 17.0. The summed E-state index contributed by atoms with van der Waals surface area (Å²) in [6.45, 7) is 3.63. The molecule has 0 bridgehead atoms. The van der Waals surface area contributed by atoms with Crippen molar-refractivity contribution in [2.75, 3.05) is 0 Å². The van der Waals surface area contributed by atoms with Gasteiger partial charge in [-0.25, -0.2) is 4.39 Å². The normalized spacial score (nSPS) is 13.9. The number of halogens is 2. The zero-order valence-corrected chi connectivity index (χ0v) is 14.7. The molecule has 0 aliphatic rings. The van der Waals surface area contributed by atoms with Crippen molar-refractivity contribution in [1.82, 2.24) is 5.73 Å². The van der Waals surface area contributed by atoms with E-state index < -0.39 is 17.5 Å². The molecule has 3 nitrogen and oxygen atoms in total. The van der Waals surface area contributed by atoms with E-state index in [0.717, 1.165) is 5.56 Å². The highest BCUT2D eigenvalue weighted by Crippen LogP contribution is 2.35. The van der Waals surface area contributed by atoms with E-state index in [2.05, 4.69) is 0 Å². The van der Waals surface area contributed by atoms with Gasteiger partial charge in [0.15, 0.2) is 0 Å². The van der Waals surface area contributed by atoms with Crippen LogP contribution in [0.1, 0.15) is 49.8 Å². The van der Waals surface area contributed by atoms with Crippen LogP contribution in [0.5, 0.6) is 5.75 Å². The maximum atomic E-state index is 13.9. The van der Waals surface area contributed by atoms with Crippen molar-refractivity contribution in [1.29, 1.82) is 0 Å². The van der Waals surface area contributed by atoms with Crippen LogP contribution in [0.4, 0.5) is 4.39 Å². The number of aliphatic hydroxyl groups is 1. The van der Waals surface area contributed by atoms with Gasteiger partial charge in [-0.1, -0.05) is 30.3 Å². The highest BCUT2D eigenvalue weighted by molar-refractivity contribution is 5.85. The first kappa shape index (κ1) is 20.4. The van der Waals surface area contributed by atoms with Crippen LogP contribution >= 0.6 is 12.4 Å². The molecule has 24 heavy (non-hydrogen) atoms. The minimum absolute atomic E-state index is 0. The number of aliphatic hydroxyl groups excluding tert-OH is 1. The largest absolute Gasteiger partial charge is 0.508 e. The van der Waals surface area contributed by atoms with E-state index in [1.54, 1.807) is 42.5 Å². The van der Waals surface area contributed by atoms with Crippen LogP contribution in [-0.4, -0.2) is 15.8 Å². The van der Waals surface area contributed by atoms with Gasteiger partial charge in [0.05, 0.1) is 6.10 Å². The molecule has 131 valence electrons. The number of rotatable bonds is 6. The Morgan fingerprint density at radius 2 is 1.67 bits per heavy atom. The Hall–Kier alpha value is -1.62. The molecule has 0 saturated carbocycles. The van der Waals surface area contributed by atoms with Gasteiger partial charge in [-0.05, 0) is 56.4 Å². The van der Waals surface area contributed by atoms with Gasteiger partial charge in [0.1, 0.15) is 11.6 Å². The average molecular weight is 353 g/mol. The summed E-state index contributed by atoms with van der Waals surface area (Å²) in [5.74, 6) is -0.348. The van der Waals surface area contributed by atoms with E-state index in [4.69, 9.17) is 5.73 Å². The second-order valence-electron chi connectivity index (χ2n) is 6.65. The maximum Gasteiger partial charge on any atom is 0.128 e. The second-order valence-corrected chi connectivity index (χ2v) is 6.65. The molecule has 2 atom stereocenters. The van der Waals surface area contributed by atoms with Crippen molar-refractivity contribution in [3.05, 3.63) is 65.5 Å². The molecule has 0 amide bonds. The molecule has 1 radical (unpaired) electrons. The van der Waals surface area contributed by atoms with Gasteiger partial charge in [-0.15, -0.1) is 12.4 Å². The molecule has 0 saturated heterocycles. The molecule has 0 aliphatic heterocycles. The lowest BCUT2D eigenvalue weighted by molar-refractivity contribution is 0.147. The van der Waals surface area contributed by atoms with E-state index in [9.17, 15) is 14.6 Å². The third kappa shape index (κ3) is 5.78. The quantitative estimate of drug-likeness (QED) is 0.797. The fraction of sp³-hybridized carbons (Fsp3) is 0.368. The van der Waals surface area contributed by atoms with Gasteiger partial charge in [0.25, 0.3) is 0 Å². The van der Waals surface area contributed by atoms with Gasteiger partial charge >= 0.3 is 0 Å². The smallest absolute Gasteiger partial charge is 0.128 e. The van der Waals surface area contributed by atoms with Crippen LogP contribution in [0.15, 0.2) is 48.5 Å². The molecule has 0 aromatic heterocycles. The average Bonchev–Trinajstić information content (AvgIpc) is 2.46. The summed E-state index contributed by atoms with van der Waals surface area (Å²) in [5, 5.41) is 19.9. The zero-order valence-electron chi connectivity index (χ0n) is 13.9. The molecule has 5 heteroatoms.